The summed E-state index contributed by atoms with van der Waals surface area (Å²) in [5.74, 6) is 2.00. The van der Waals surface area contributed by atoms with E-state index in [1.54, 1.807) is 6.92 Å². The summed E-state index contributed by atoms with van der Waals surface area (Å²) in [4.78, 5) is 20.5. The molecule has 0 saturated carbocycles. The lowest BCUT2D eigenvalue weighted by Gasteiger charge is -2.13. The fourth-order valence-electron chi connectivity index (χ4n) is 2.95. The molecule has 0 aliphatic heterocycles. The van der Waals surface area contributed by atoms with Crippen LogP contribution in [0.15, 0.2) is 24.3 Å². The second-order valence-electron chi connectivity index (χ2n) is 6.45. The molecule has 23 heavy (non-hydrogen) atoms. The average molecular weight is 310 g/mol. The fourth-order valence-corrected chi connectivity index (χ4v) is 2.95. The molecule has 0 unspecified atom stereocenters. The van der Waals surface area contributed by atoms with Crippen LogP contribution in [-0.2, 0) is 17.8 Å². The van der Waals surface area contributed by atoms with Crippen molar-refractivity contribution in [2.24, 2.45) is 5.92 Å². The van der Waals surface area contributed by atoms with Crippen LogP contribution < -0.4 is 5.73 Å². The Morgan fingerprint density at radius 3 is 2.70 bits per heavy atom. The smallest absolute Gasteiger partial charge is 0.152 e. The highest BCUT2D eigenvalue weighted by Gasteiger charge is 2.18. The first-order chi connectivity index (χ1) is 11.0. The van der Waals surface area contributed by atoms with Crippen LogP contribution in [0.4, 0.5) is 5.82 Å². The van der Waals surface area contributed by atoms with Crippen LogP contribution >= 0.6 is 0 Å². The van der Waals surface area contributed by atoms with Crippen molar-refractivity contribution < 1.29 is 4.79 Å². The molecule has 0 fully saturated rings. The lowest BCUT2D eigenvalue weighted by atomic mass is 10.1. The van der Waals surface area contributed by atoms with Gasteiger partial charge in [-0.2, -0.15) is 0 Å². The molecule has 120 valence electrons. The quantitative estimate of drug-likeness (QED) is 0.784. The monoisotopic (exact) mass is 310 g/mol. The molecule has 0 saturated heterocycles. The van der Waals surface area contributed by atoms with Gasteiger partial charge < -0.3 is 15.1 Å². The molecule has 3 aromatic rings. The number of nitrogen functional groups attached to an aromatic ring is 1. The first-order valence-corrected chi connectivity index (χ1v) is 8.00. The van der Waals surface area contributed by atoms with E-state index in [-0.39, 0.29) is 5.78 Å². The number of carbonyl (C=O) groups is 1. The number of nitrogens with two attached hydrogens (primary N) is 1. The van der Waals surface area contributed by atoms with E-state index < -0.39 is 0 Å². The zero-order valence-corrected chi connectivity index (χ0v) is 13.8. The van der Waals surface area contributed by atoms with Crippen molar-refractivity contribution in [1.29, 1.82) is 0 Å². The molecule has 0 amide bonds. The Labute approximate surface area is 135 Å². The minimum absolute atomic E-state index is 0.170. The van der Waals surface area contributed by atoms with Crippen molar-refractivity contribution in [2.75, 3.05) is 5.73 Å². The number of fused-ring (bicyclic) bond motifs is 3. The number of Topliss-reactive ketones (excluding diaryl/α,β-unsaturated/α-hetero) is 1. The predicted molar refractivity (Wildman–Crippen MR) is 93.3 cm³/mol. The molecule has 0 spiro atoms. The van der Waals surface area contributed by atoms with Crippen molar-refractivity contribution in [1.82, 2.24) is 14.5 Å². The number of pyridine rings is 1. The standard InChI is InChI=1S/C18H22N4O/c1-11(2)10-22-15(9-8-12(3)23)21-16-17(22)13-6-4-5-7-14(13)20-18(16)19/h4-7,11H,8-10H2,1-3H3,(H2,19,20). The lowest BCUT2D eigenvalue weighted by Crippen LogP contribution is -2.10. The molecular formula is C18H22N4O. The highest BCUT2D eigenvalue weighted by molar-refractivity contribution is 6.06. The van der Waals surface area contributed by atoms with Crippen molar-refractivity contribution in [3.63, 3.8) is 0 Å². The number of ketones is 1. The zero-order chi connectivity index (χ0) is 16.6. The summed E-state index contributed by atoms with van der Waals surface area (Å²) in [6.45, 7) is 6.80. The third-order valence-corrected chi connectivity index (χ3v) is 3.94. The van der Waals surface area contributed by atoms with Crippen LogP contribution in [0.5, 0.6) is 0 Å². The molecule has 2 aromatic heterocycles. The number of para-hydroxylation sites is 1. The summed E-state index contributed by atoms with van der Waals surface area (Å²) in [6.07, 6.45) is 1.12. The number of nitrogens with zero attached hydrogens (tertiary/aromatic N) is 3. The van der Waals surface area contributed by atoms with E-state index >= 15 is 0 Å². The van der Waals surface area contributed by atoms with Gasteiger partial charge in [-0.25, -0.2) is 9.97 Å². The predicted octanol–water partition coefficient (Wildman–Crippen LogP) is 3.34. The normalized spacial score (nSPS) is 11.7. The first kappa shape index (κ1) is 15.5. The van der Waals surface area contributed by atoms with Gasteiger partial charge in [0.2, 0.25) is 0 Å². The van der Waals surface area contributed by atoms with Gasteiger partial charge in [0.15, 0.2) is 5.82 Å². The lowest BCUT2D eigenvalue weighted by molar-refractivity contribution is -0.117. The van der Waals surface area contributed by atoms with Crippen LogP contribution in [0.3, 0.4) is 0 Å². The van der Waals surface area contributed by atoms with Gasteiger partial charge in [0, 0.05) is 24.8 Å². The van der Waals surface area contributed by atoms with E-state index in [1.165, 1.54) is 0 Å². The highest BCUT2D eigenvalue weighted by atomic mass is 16.1. The molecule has 5 heteroatoms. The van der Waals surface area contributed by atoms with E-state index in [4.69, 9.17) is 10.7 Å². The average Bonchev–Trinajstić information content (AvgIpc) is 2.84. The van der Waals surface area contributed by atoms with E-state index in [0.29, 0.717) is 24.6 Å². The topological polar surface area (TPSA) is 73.8 Å². The Hall–Kier alpha value is -2.43. The van der Waals surface area contributed by atoms with E-state index in [1.807, 2.05) is 18.2 Å². The maximum atomic E-state index is 11.4. The maximum absolute atomic E-state index is 11.4. The summed E-state index contributed by atoms with van der Waals surface area (Å²) in [5, 5.41) is 1.05. The van der Waals surface area contributed by atoms with E-state index in [0.717, 1.165) is 34.3 Å². The summed E-state index contributed by atoms with van der Waals surface area (Å²) >= 11 is 0. The molecule has 2 heterocycles. The minimum atomic E-state index is 0.170. The van der Waals surface area contributed by atoms with Crippen LogP contribution in [0.2, 0.25) is 0 Å². The zero-order valence-electron chi connectivity index (χ0n) is 13.8. The van der Waals surface area contributed by atoms with Crippen molar-refractivity contribution >= 4 is 33.5 Å². The summed E-state index contributed by atoms with van der Waals surface area (Å²) in [5.41, 5.74) is 8.78. The molecule has 3 rings (SSSR count). The number of hydrogen-bond acceptors (Lipinski definition) is 4. The first-order valence-electron chi connectivity index (χ1n) is 8.00. The van der Waals surface area contributed by atoms with Crippen LogP contribution in [-0.4, -0.2) is 20.3 Å². The van der Waals surface area contributed by atoms with Gasteiger partial charge in [0.05, 0.1) is 11.0 Å². The van der Waals surface area contributed by atoms with Gasteiger partial charge in [0.25, 0.3) is 0 Å². The van der Waals surface area contributed by atoms with Gasteiger partial charge in [-0.15, -0.1) is 0 Å². The molecular weight excluding hydrogens is 288 g/mol. The fraction of sp³-hybridized carbons (Fsp3) is 0.389. The van der Waals surface area contributed by atoms with E-state index in [2.05, 4.69) is 29.5 Å². The number of aromatic nitrogens is 3. The van der Waals surface area contributed by atoms with Gasteiger partial charge in [0.1, 0.15) is 17.1 Å². The molecule has 0 aliphatic rings. The number of hydrogen-bond donors (Lipinski definition) is 1. The van der Waals surface area contributed by atoms with Gasteiger partial charge in [-0.05, 0) is 18.9 Å². The Morgan fingerprint density at radius 1 is 1.26 bits per heavy atom. The maximum Gasteiger partial charge on any atom is 0.152 e. The third-order valence-electron chi connectivity index (χ3n) is 3.94. The number of anilines is 1. The number of carbonyl (C=O) groups excluding carboxylic acids is 1. The van der Waals surface area contributed by atoms with E-state index in [9.17, 15) is 4.79 Å². The number of aryl methyl sites for hydroxylation is 1. The number of benzene rings is 1. The molecule has 0 bridgehead atoms. The Balaban J connectivity index is 2.29. The second kappa shape index (κ2) is 5.99. The molecule has 0 aliphatic carbocycles. The molecule has 2 N–H and O–H groups in total. The summed E-state index contributed by atoms with van der Waals surface area (Å²) in [6, 6.07) is 7.98. The second-order valence-corrected chi connectivity index (χ2v) is 6.45. The SMILES string of the molecule is CC(=O)CCc1nc2c(N)nc3ccccc3c2n1CC(C)C. The molecule has 5 nitrogen and oxygen atoms in total. The van der Waals surface area contributed by atoms with Crippen molar-refractivity contribution in [3.8, 4) is 0 Å². The Morgan fingerprint density at radius 2 is 2.00 bits per heavy atom. The third kappa shape index (κ3) is 2.91. The molecule has 1 aromatic carbocycles. The van der Waals surface area contributed by atoms with Crippen molar-refractivity contribution in [2.45, 2.75) is 40.2 Å². The Kier molecular flexibility index (Phi) is 4.03. The molecule has 0 atom stereocenters. The summed E-state index contributed by atoms with van der Waals surface area (Å²) in [7, 11) is 0. The van der Waals surface area contributed by atoms with Crippen molar-refractivity contribution in [3.05, 3.63) is 30.1 Å². The van der Waals surface area contributed by atoms with Crippen LogP contribution in [0.1, 0.15) is 33.0 Å². The number of rotatable bonds is 5. The van der Waals surface area contributed by atoms with Gasteiger partial charge >= 0.3 is 0 Å². The van der Waals surface area contributed by atoms with Gasteiger partial charge in [-0.3, -0.25) is 0 Å². The minimum Gasteiger partial charge on any atom is -0.382 e. The molecule has 0 radical (unpaired) electrons. The van der Waals surface area contributed by atoms with Crippen LogP contribution in [0, 0.1) is 5.92 Å². The number of imidazole rings is 1. The Bertz CT molecular complexity index is 879. The van der Waals surface area contributed by atoms with Gasteiger partial charge in [-0.1, -0.05) is 32.0 Å². The van der Waals surface area contributed by atoms with Crippen LogP contribution in [0.25, 0.3) is 21.9 Å². The summed E-state index contributed by atoms with van der Waals surface area (Å²) < 4.78 is 2.21. The largest absolute Gasteiger partial charge is 0.382 e. The highest BCUT2D eigenvalue weighted by Crippen LogP contribution is 2.29.